The lowest BCUT2D eigenvalue weighted by molar-refractivity contribution is -0.128. The van der Waals surface area contributed by atoms with Gasteiger partial charge in [-0.15, -0.1) is 0 Å². The molecule has 9 rings (SSSR count). The van der Waals surface area contributed by atoms with Crippen molar-refractivity contribution in [1.29, 1.82) is 0 Å². The Labute approximate surface area is 279 Å². The average Bonchev–Trinajstić information content (AvgIpc) is 3.68. The third kappa shape index (κ3) is 4.75. The Hall–Kier alpha value is -2.83. The van der Waals surface area contributed by atoms with Crippen LogP contribution in [0.2, 0.25) is 0 Å². The molecule has 7 aliphatic carbocycles. The SMILES string of the molecule is CN=C(N)N[C@H]1C#C[C@H]2C[C@]3(C=C(Cc4cc5ccccc5[nH]4)[C@]24C[C@H]2CC[C@@H]4[C@H]4[C@H](C[C@@H](O)[C@@]4(O)C1)[C@]2(C)O)CC[C@@H](CNC)C3. The van der Waals surface area contributed by atoms with Gasteiger partial charge in [0.05, 0.1) is 23.3 Å². The number of benzene rings is 1. The fourth-order valence-corrected chi connectivity index (χ4v) is 12.2. The van der Waals surface area contributed by atoms with E-state index in [1.165, 1.54) is 23.1 Å². The summed E-state index contributed by atoms with van der Waals surface area (Å²) in [5.74, 6) is 8.18. The molecule has 252 valence electrons. The summed E-state index contributed by atoms with van der Waals surface area (Å²) in [5, 5.41) is 45.1. The second-order valence-electron chi connectivity index (χ2n) is 16.5. The van der Waals surface area contributed by atoms with E-state index >= 15 is 0 Å². The fraction of sp³-hybridized carbons (Fsp3) is 0.667. The summed E-state index contributed by atoms with van der Waals surface area (Å²) in [5.41, 5.74) is 7.35. The van der Waals surface area contributed by atoms with Gasteiger partial charge in [-0.25, -0.2) is 0 Å². The number of allylic oxidation sites excluding steroid dienone is 2. The molecule has 47 heavy (non-hydrogen) atoms. The number of aromatic amines is 1. The van der Waals surface area contributed by atoms with Gasteiger partial charge in [-0.1, -0.05) is 41.7 Å². The monoisotopic (exact) mass is 639 g/mol. The van der Waals surface area contributed by atoms with E-state index in [4.69, 9.17) is 5.73 Å². The van der Waals surface area contributed by atoms with Crippen LogP contribution in [0.15, 0.2) is 47.0 Å². The number of fused-ring (bicyclic) bond motifs is 2. The molecule has 4 bridgehead atoms. The number of hydrogen-bond acceptors (Lipinski definition) is 5. The van der Waals surface area contributed by atoms with Crippen molar-refractivity contribution < 1.29 is 15.3 Å². The average molecular weight is 640 g/mol. The molecule has 0 saturated heterocycles. The molecule has 7 aliphatic rings. The molecular weight excluding hydrogens is 586 g/mol. The van der Waals surface area contributed by atoms with Crippen LogP contribution in [-0.4, -0.2) is 70.3 Å². The van der Waals surface area contributed by atoms with Crippen LogP contribution in [-0.2, 0) is 6.42 Å². The van der Waals surface area contributed by atoms with Crippen molar-refractivity contribution in [3.8, 4) is 11.8 Å². The zero-order valence-corrected chi connectivity index (χ0v) is 28.2. The Morgan fingerprint density at radius 3 is 2.70 bits per heavy atom. The maximum absolute atomic E-state index is 12.8. The summed E-state index contributed by atoms with van der Waals surface area (Å²) in [6, 6.07) is 10.3. The largest absolute Gasteiger partial charge is 0.390 e. The quantitative estimate of drug-likeness (QED) is 0.115. The molecule has 5 fully saturated rings. The normalized spacial score (nSPS) is 45.4. The second kappa shape index (κ2) is 11.1. The summed E-state index contributed by atoms with van der Waals surface area (Å²) >= 11 is 0. The van der Waals surface area contributed by atoms with Crippen LogP contribution in [0.1, 0.15) is 70.4 Å². The van der Waals surface area contributed by atoms with Gasteiger partial charge in [-0.2, -0.15) is 0 Å². The highest BCUT2D eigenvalue weighted by Crippen LogP contribution is 2.72. The molecular formula is C39H53N5O3. The van der Waals surface area contributed by atoms with Gasteiger partial charge in [-0.05, 0) is 124 Å². The van der Waals surface area contributed by atoms with Gasteiger partial charge < -0.3 is 36.7 Å². The lowest BCUT2D eigenvalue weighted by atomic mass is 9.46. The van der Waals surface area contributed by atoms with Crippen LogP contribution >= 0.6 is 0 Å². The van der Waals surface area contributed by atoms with Crippen LogP contribution in [0.3, 0.4) is 0 Å². The number of nitrogens with zero attached hydrogens (tertiary/aromatic N) is 1. The molecule has 2 spiro atoms. The highest BCUT2D eigenvalue weighted by Gasteiger charge is 2.71. The highest BCUT2D eigenvalue weighted by atomic mass is 16.3. The Kier molecular flexibility index (Phi) is 7.42. The number of aliphatic hydroxyl groups is 3. The molecule has 1 heterocycles. The van der Waals surface area contributed by atoms with Crippen molar-refractivity contribution in [2.45, 2.75) is 94.5 Å². The first-order chi connectivity index (χ1) is 22.5. The number of nitrogens with two attached hydrogens (primary N) is 1. The molecule has 1 aromatic heterocycles. The van der Waals surface area contributed by atoms with Crippen molar-refractivity contribution in [1.82, 2.24) is 15.6 Å². The minimum Gasteiger partial charge on any atom is -0.390 e. The maximum atomic E-state index is 12.8. The molecule has 1 aromatic carbocycles. The van der Waals surface area contributed by atoms with Crippen LogP contribution in [0.5, 0.6) is 0 Å². The Balaban J connectivity index is 1.35. The van der Waals surface area contributed by atoms with Gasteiger partial charge in [0.25, 0.3) is 0 Å². The van der Waals surface area contributed by atoms with Crippen molar-refractivity contribution in [2.24, 2.45) is 57.1 Å². The number of H-pyrrole nitrogens is 1. The molecule has 0 radical (unpaired) electrons. The summed E-state index contributed by atoms with van der Waals surface area (Å²) in [6.07, 6.45) is 10.4. The third-order valence-electron chi connectivity index (χ3n) is 14.2. The molecule has 5 saturated carbocycles. The molecule has 8 N–H and O–H groups in total. The topological polar surface area (TPSA) is 139 Å². The molecule has 8 nitrogen and oxygen atoms in total. The van der Waals surface area contributed by atoms with Crippen LogP contribution < -0.4 is 16.4 Å². The van der Waals surface area contributed by atoms with Crippen molar-refractivity contribution in [3.63, 3.8) is 0 Å². The first-order valence-electron chi connectivity index (χ1n) is 18.1. The van der Waals surface area contributed by atoms with Gasteiger partial charge in [0.2, 0.25) is 0 Å². The summed E-state index contributed by atoms with van der Waals surface area (Å²) < 4.78 is 0. The molecule has 0 unspecified atom stereocenters. The highest BCUT2D eigenvalue weighted by molar-refractivity contribution is 5.80. The fourth-order valence-electron chi connectivity index (χ4n) is 12.2. The van der Waals surface area contributed by atoms with E-state index in [1.807, 2.05) is 6.92 Å². The molecule has 0 aliphatic heterocycles. The van der Waals surface area contributed by atoms with E-state index in [1.54, 1.807) is 7.05 Å². The minimum atomic E-state index is -1.41. The number of aromatic nitrogens is 1. The van der Waals surface area contributed by atoms with E-state index < -0.39 is 23.3 Å². The minimum absolute atomic E-state index is 0.0618. The summed E-state index contributed by atoms with van der Waals surface area (Å²) in [4.78, 5) is 7.91. The number of para-hydroxylation sites is 1. The molecule has 8 heteroatoms. The molecule has 12 atom stereocenters. The predicted octanol–water partition coefficient (Wildman–Crippen LogP) is 3.87. The van der Waals surface area contributed by atoms with E-state index in [9.17, 15) is 15.3 Å². The Bertz CT molecular complexity index is 1640. The lowest BCUT2D eigenvalue weighted by Crippen LogP contribution is -2.56. The van der Waals surface area contributed by atoms with Gasteiger partial charge >= 0.3 is 0 Å². The number of rotatable bonds is 5. The number of aliphatic hydroxyl groups excluding tert-OH is 1. The lowest BCUT2D eigenvalue weighted by Gasteiger charge is -2.58. The van der Waals surface area contributed by atoms with Crippen molar-refractivity contribution in [3.05, 3.63) is 47.7 Å². The Morgan fingerprint density at radius 1 is 1.09 bits per heavy atom. The van der Waals surface area contributed by atoms with E-state index in [2.05, 4.69) is 75.9 Å². The van der Waals surface area contributed by atoms with Crippen LogP contribution in [0.4, 0.5) is 0 Å². The van der Waals surface area contributed by atoms with E-state index in [-0.39, 0.29) is 52.8 Å². The van der Waals surface area contributed by atoms with Crippen molar-refractivity contribution in [2.75, 3.05) is 20.6 Å². The molecule has 2 aromatic rings. The summed E-state index contributed by atoms with van der Waals surface area (Å²) in [6.45, 7) is 3.03. The van der Waals surface area contributed by atoms with Gasteiger partial charge in [0.1, 0.15) is 0 Å². The van der Waals surface area contributed by atoms with Gasteiger partial charge in [0.15, 0.2) is 5.96 Å². The number of nitrogens with one attached hydrogen (secondary N) is 3. The van der Waals surface area contributed by atoms with E-state index in [0.29, 0.717) is 12.3 Å². The van der Waals surface area contributed by atoms with E-state index in [0.717, 1.165) is 57.0 Å². The second-order valence-corrected chi connectivity index (χ2v) is 16.5. The first-order valence-corrected chi connectivity index (χ1v) is 18.1. The van der Waals surface area contributed by atoms with Crippen LogP contribution in [0, 0.1) is 58.2 Å². The van der Waals surface area contributed by atoms with Gasteiger partial charge in [-0.3, -0.25) is 4.99 Å². The van der Waals surface area contributed by atoms with Crippen LogP contribution in [0.25, 0.3) is 10.9 Å². The smallest absolute Gasteiger partial charge is 0.189 e. The molecule has 0 amide bonds. The number of aliphatic imine (C=N–C) groups is 1. The van der Waals surface area contributed by atoms with Crippen molar-refractivity contribution >= 4 is 16.9 Å². The third-order valence-corrected chi connectivity index (χ3v) is 14.2. The number of guanidine groups is 1. The number of hydrogen-bond donors (Lipinski definition) is 7. The zero-order chi connectivity index (χ0) is 32.8. The summed E-state index contributed by atoms with van der Waals surface area (Å²) in [7, 11) is 3.71. The Morgan fingerprint density at radius 2 is 1.91 bits per heavy atom. The predicted molar refractivity (Wildman–Crippen MR) is 185 cm³/mol. The van der Waals surface area contributed by atoms with Gasteiger partial charge in [0, 0.05) is 42.4 Å². The standard InChI is InChI=1S/C39H53N5O3/c1-36(46)25-9-11-30-34-31(36)16-33(45)39(34,47)21-28(44-35(40)42-3)10-8-26-18-37(13-12-23(17-37)22-41-2)19-27(38(26,30)20-25)15-29-14-24-6-4-5-7-32(24)43-29/h4-7,14,19,23,25-26,28,30-31,33-34,41,43,45-47H,9,11-13,15-18,20-22H2,1-3H3,(H3,40,42,44)/t23-,25-,26+,28+,30-,31+,33-,34+,36-,37+,38+,39+/m1/s1. The maximum Gasteiger partial charge on any atom is 0.189 e. The first kappa shape index (κ1) is 31.4. The zero-order valence-electron chi connectivity index (χ0n) is 28.2.